The van der Waals surface area contributed by atoms with E-state index in [0.717, 1.165) is 25.9 Å². The minimum Gasteiger partial charge on any atom is -0.481 e. The molecule has 1 fully saturated rings. The van der Waals surface area contributed by atoms with Gasteiger partial charge in [-0.25, -0.2) is 0 Å². The van der Waals surface area contributed by atoms with Gasteiger partial charge in [0, 0.05) is 6.54 Å². The molecule has 0 radical (unpaired) electrons. The molecule has 1 rings (SSSR count). The number of likely N-dealkylation sites (tertiary alicyclic amines) is 1. The highest BCUT2D eigenvalue weighted by atomic mass is 32.2. The minimum atomic E-state index is -3.67. The average molecular weight is 239 g/mol. The van der Waals surface area contributed by atoms with Crippen LogP contribution in [0.4, 0.5) is 0 Å². The molecule has 1 atom stereocenters. The van der Waals surface area contributed by atoms with Gasteiger partial charge in [-0.15, -0.1) is 0 Å². The van der Waals surface area contributed by atoms with Crippen molar-refractivity contribution in [3.05, 3.63) is 0 Å². The molecule has 1 heterocycles. The summed E-state index contributed by atoms with van der Waals surface area (Å²) in [6, 6.07) is 0. The molecule has 0 aromatic heterocycles. The van der Waals surface area contributed by atoms with E-state index in [9.17, 15) is 13.2 Å². The van der Waals surface area contributed by atoms with Crippen molar-refractivity contribution in [2.75, 3.05) is 26.4 Å². The molecule has 0 aromatic rings. The molecule has 0 amide bonds. The van der Waals surface area contributed by atoms with Crippen molar-refractivity contribution in [1.29, 1.82) is 0 Å². The lowest BCUT2D eigenvalue weighted by molar-refractivity contribution is -0.143. The smallest absolute Gasteiger partial charge is 0.307 e. The van der Waals surface area contributed by atoms with Crippen LogP contribution in [0.1, 0.15) is 12.8 Å². The maximum atomic E-state index is 10.5. The van der Waals surface area contributed by atoms with Gasteiger partial charge >= 0.3 is 5.97 Å². The van der Waals surface area contributed by atoms with Crippen LogP contribution in [0.5, 0.6) is 0 Å². The molecule has 1 saturated heterocycles. The summed E-state index contributed by atoms with van der Waals surface area (Å²) in [6.07, 6.45) is 2.58. The van der Waals surface area contributed by atoms with Gasteiger partial charge in [0.1, 0.15) is 0 Å². The zero-order valence-corrected chi connectivity index (χ0v) is 9.70. The maximum absolute atomic E-state index is 10.5. The van der Waals surface area contributed by atoms with E-state index < -0.39 is 16.1 Å². The van der Waals surface area contributed by atoms with E-state index in [-0.39, 0.29) is 5.92 Å². The highest BCUT2D eigenvalue weighted by Gasteiger charge is 2.22. The van der Waals surface area contributed by atoms with Gasteiger partial charge in [0.25, 0.3) is 10.1 Å². The molecule has 0 spiro atoms. The first kappa shape index (κ1) is 14.3. The van der Waals surface area contributed by atoms with Crippen molar-refractivity contribution < 1.29 is 22.9 Å². The quantitative estimate of drug-likeness (QED) is 0.621. The number of carboxylic acid groups (broad SMARTS) is 1. The van der Waals surface area contributed by atoms with E-state index in [1.807, 2.05) is 7.05 Å². The Morgan fingerprint density at radius 3 is 2.20 bits per heavy atom. The van der Waals surface area contributed by atoms with Crippen LogP contribution in [-0.4, -0.2) is 55.3 Å². The number of rotatable bonds is 1. The standard InChI is InChI=1S/C7H13NO2.CH4O3S/c1-8-4-2-3-6(5-8)7(9)10;1-5(2,3)4/h6H,2-5H2,1H3,(H,9,10);1H3,(H,2,3,4). The summed E-state index contributed by atoms with van der Waals surface area (Å²) in [7, 11) is -1.70. The van der Waals surface area contributed by atoms with Crippen LogP contribution in [0, 0.1) is 5.92 Å². The van der Waals surface area contributed by atoms with Crippen molar-refractivity contribution in [1.82, 2.24) is 4.90 Å². The lowest BCUT2D eigenvalue weighted by Crippen LogP contribution is -2.35. The predicted molar refractivity (Wildman–Crippen MR) is 55.3 cm³/mol. The summed E-state index contributed by atoms with van der Waals surface area (Å²) < 4.78 is 25.9. The maximum Gasteiger partial charge on any atom is 0.307 e. The fourth-order valence-corrected chi connectivity index (χ4v) is 1.37. The van der Waals surface area contributed by atoms with Crippen molar-refractivity contribution in [2.45, 2.75) is 12.8 Å². The number of piperidine rings is 1. The zero-order chi connectivity index (χ0) is 12.1. The molecule has 7 heteroatoms. The molecule has 0 saturated carbocycles. The van der Waals surface area contributed by atoms with Gasteiger partial charge in [-0.3, -0.25) is 9.35 Å². The molecule has 1 unspecified atom stereocenters. The molecular weight excluding hydrogens is 222 g/mol. The van der Waals surface area contributed by atoms with Gasteiger partial charge in [0.15, 0.2) is 0 Å². The summed E-state index contributed by atoms with van der Waals surface area (Å²) in [5.41, 5.74) is 0. The summed E-state index contributed by atoms with van der Waals surface area (Å²) >= 11 is 0. The largest absolute Gasteiger partial charge is 0.481 e. The van der Waals surface area contributed by atoms with E-state index in [1.54, 1.807) is 0 Å². The van der Waals surface area contributed by atoms with E-state index in [0.29, 0.717) is 6.26 Å². The Morgan fingerprint density at radius 1 is 1.47 bits per heavy atom. The topological polar surface area (TPSA) is 94.9 Å². The van der Waals surface area contributed by atoms with Crippen molar-refractivity contribution >= 4 is 16.1 Å². The third-order valence-electron chi connectivity index (χ3n) is 1.97. The first-order valence-electron chi connectivity index (χ1n) is 4.54. The predicted octanol–water partition coefficient (Wildman–Crippen LogP) is -0.0832. The van der Waals surface area contributed by atoms with Gasteiger partial charge in [-0.2, -0.15) is 8.42 Å². The Morgan fingerprint density at radius 2 is 1.93 bits per heavy atom. The van der Waals surface area contributed by atoms with E-state index in [4.69, 9.17) is 9.66 Å². The summed E-state index contributed by atoms with van der Waals surface area (Å²) in [5.74, 6) is -0.773. The van der Waals surface area contributed by atoms with Crippen LogP contribution in [0.25, 0.3) is 0 Å². The highest BCUT2D eigenvalue weighted by Crippen LogP contribution is 2.14. The SMILES string of the molecule is CN1CCCC(C(=O)O)C1.CS(=O)(=O)O. The Kier molecular flexibility index (Phi) is 5.77. The third-order valence-corrected chi connectivity index (χ3v) is 1.97. The number of hydrogen-bond acceptors (Lipinski definition) is 4. The zero-order valence-electron chi connectivity index (χ0n) is 8.88. The Labute approximate surface area is 89.6 Å². The first-order valence-corrected chi connectivity index (χ1v) is 6.39. The van der Waals surface area contributed by atoms with Crippen LogP contribution in [0.2, 0.25) is 0 Å². The molecule has 0 aromatic carbocycles. The van der Waals surface area contributed by atoms with Gasteiger partial charge < -0.3 is 10.0 Å². The first-order chi connectivity index (χ1) is 6.70. The molecule has 1 aliphatic heterocycles. The van der Waals surface area contributed by atoms with Gasteiger partial charge in [0.2, 0.25) is 0 Å². The number of carbonyl (C=O) groups is 1. The van der Waals surface area contributed by atoms with Gasteiger partial charge in [-0.1, -0.05) is 0 Å². The summed E-state index contributed by atoms with van der Waals surface area (Å²) in [6.45, 7) is 1.76. The van der Waals surface area contributed by atoms with Crippen LogP contribution in [0.15, 0.2) is 0 Å². The highest BCUT2D eigenvalue weighted by molar-refractivity contribution is 7.85. The normalized spacial score (nSPS) is 22.7. The molecule has 15 heavy (non-hydrogen) atoms. The molecule has 2 N–H and O–H groups in total. The van der Waals surface area contributed by atoms with Crippen LogP contribution >= 0.6 is 0 Å². The average Bonchev–Trinajstić information content (AvgIpc) is 2.00. The van der Waals surface area contributed by atoms with Crippen molar-refractivity contribution in [3.63, 3.8) is 0 Å². The minimum absolute atomic E-state index is 0.126. The van der Waals surface area contributed by atoms with E-state index >= 15 is 0 Å². The number of aliphatic carboxylic acids is 1. The molecule has 0 bridgehead atoms. The molecule has 90 valence electrons. The van der Waals surface area contributed by atoms with Crippen molar-refractivity contribution in [3.8, 4) is 0 Å². The van der Waals surface area contributed by atoms with E-state index in [1.165, 1.54) is 0 Å². The van der Waals surface area contributed by atoms with Crippen LogP contribution in [-0.2, 0) is 14.9 Å². The number of hydrogen-bond donors (Lipinski definition) is 2. The second kappa shape index (κ2) is 6.04. The summed E-state index contributed by atoms with van der Waals surface area (Å²) in [4.78, 5) is 12.5. The fraction of sp³-hybridized carbons (Fsp3) is 0.875. The lowest BCUT2D eigenvalue weighted by atomic mass is 9.99. The second-order valence-electron chi connectivity index (χ2n) is 3.67. The Balaban J connectivity index is 0.000000336. The monoisotopic (exact) mass is 239 g/mol. The van der Waals surface area contributed by atoms with Gasteiger partial charge in [-0.05, 0) is 26.4 Å². The molecule has 1 aliphatic rings. The van der Waals surface area contributed by atoms with Crippen LogP contribution < -0.4 is 0 Å². The molecule has 0 aliphatic carbocycles. The number of nitrogens with zero attached hydrogens (tertiary/aromatic N) is 1. The number of carboxylic acids is 1. The molecule has 6 nitrogen and oxygen atoms in total. The van der Waals surface area contributed by atoms with E-state index in [2.05, 4.69) is 4.90 Å². The Hall–Kier alpha value is -0.660. The second-order valence-corrected chi connectivity index (χ2v) is 5.14. The lowest BCUT2D eigenvalue weighted by Gasteiger charge is -2.26. The molecular formula is C8H17NO5S. The third kappa shape index (κ3) is 9.64. The van der Waals surface area contributed by atoms with Gasteiger partial charge in [0.05, 0.1) is 12.2 Å². The van der Waals surface area contributed by atoms with Crippen molar-refractivity contribution in [2.24, 2.45) is 5.92 Å². The fourth-order valence-electron chi connectivity index (χ4n) is 1.37. The Bertz CT molecular complexity index is 292. The van der Waals surface area contributed by atoms with Crippen LogP contribution in [0.3, 0.4) is 0 Å². The summed E-state index contributed by atoms with van der Waals surface area (Å²) in [5, 5.41) is 8.63.